The molecule has 0 N–H and O–H groups in total. The van der Waals surface area contributed by atoms with Gasteiger partial charge in [-0.3, -0.25) is 4.79 Å². The molecule has 2 aromatic rings. The minimum Gasteiger partial charge on any atom is -0.486 e. The van der Waals surface area contributed by atoms with Gasteiger partial charge in [0.25, 0.3) is 0 Å². The molecule has 1 fully saturated rings. The Morgan fingerprint density at radius 3 is 2.78 bits per heavy atom. The number of rotatable bonds is 4. The fourth-order valence-corrected chi connectivity index (χ4v) is 4.12. The molecule has 4 rings (SSSR count). The van der Waals surface area contributed by atoms with E-state index in [0.717, 1.165) is 36.4 Å². The van der Waals surface area contributed by atoms with E-state index in [1.165, 1.54) is 6.07 Å². The topological polar surface area (TPSA) is 38.8 Å². The van der Waals surface area contributed by atoms with E-state index in [2.05, 4.69) is 15.9 Å². The molecule has 4 nitrogen and oxygen atoms in total. The van der Waals surface area contributed by atoms with Gasteiger partial charge in [-0.2, -0.15) is 0 Å². The smallest absolute Gasteiger partial charge is 0.223 e. The van der Waals surface area contributed by atoms with Crippen molar-refractivity contribution in [3.63, 3.8) is 0 Å². The summed E-state index contributed by atoms with van der Waals surface area (Å²) in [5, 5.41) is 0. The van der Waals surface area contributed by atoms with Crippen LogP contribution in [0.25, 0.3) is 0 Å². The molecule has 2 aliphatic rings. The minimum atomic E-state index is -0.276. The van der Waals surface area contributed by atoms with E-state index in [4.69, 9.17) is 9.47 Å². The van der Waals surface area contributed by atoms with E-state index in [9.17, 15) is 9.18 Å². The number of hydrogen-bond acceptors (Lipinski definition) is 3. The van der Waals surface area contributed by atoms with E-state index in [-0.39, 0.29) is 17.8 Å². The maximum absolute atomic E-state index is 14.0. The molecule has 0 aromatic heterocycles. The molecule has 0 aliphatic carbocycles. The molecule has 1 saturated heterocycles. The Kier molecular flexibility index (Phi) is 5.34. The van der Waals surface area contributed by atoms with Crippen LogP contribution >= 0.6 is 15.9 Å². The maximum Gasteiger partial charge on any atom is 0.223 e. The van der Waals surface area contributed by atoms with Crippen molar-refractivity contribution in [2.75, 3.05) is 19.8 Å². The van der Waals surface area contributed by atoms with Crippen LogP contribution in [0, 0.1) is 5.82 Å². The minimum absolute atomic E-state index is 0.0445. The number of nitrogens with zero attached hydrogens (tertiary/aromatic N) is 1. The van der Waals surface area contributed by atoms with Crippen molar-refractivity contribution in [2.24, 2.45) is 0 Å². The van der Waals surface area contributed by atoms with Crippen molar-refractivity contribution in [1.82, 2.24) is 4.90 Å². The fraction of sp³-hybridized carbons (Fsp3) is 0.381. The van der Waals surface area contributed by atoms with E-state index >= 15 is 0 Å². The normalized spacial score (nSPS) is 18.6. The molecule has 0 radical (unpaired) electrons. The second kappa shape index (κ2) is 7.89. The molecule has 2 aromatic carbocycles. The highest BCUT2D eigenvalue weighted by Gasteiger charge is 2.30. The summed E-state index contributed by atoms with van der Waals surface area (Å²) in [6, 6.07) is 10.9. The van der Waals surface area contributed by atoms with E-state index < -0.39 is 0 Å². The number of likely N-dealkylation sites (tertiary alicyclic amines) is 1. The van der Waals surface area contributed by atoms with Crippen LogP contribution in [0.3, 0.4) is 0 Å². The molecule has 142 valence electrons. The van der Waals surface area contributed by atoms with Gasteiger partial charge in [0.15, 0.2) is 11.5 Å². The highest BCUT2D eigenvalue weighted by atomic mass is 79.9. The number of carbonyl (C=O) groups is 1. The second-order valence-corrected chi connectivity index (χ2v) is 7.80. The van der Waals surface area contributed by atoms with Crippen LogP contribution in [0.15, 0.2) is 40.9 Å². The van der Waals surface area contributed by atoms with Gasteiger partial charge in [0.05, 0.1) is 6.04 Å². The molecule has 1 amide bonds. The Morgan fingerprint density at radius 2 is 1.96 bits per heavy atom. The van der Waals surface area contributed by atoms with Gasteiger partial charge in [-0.15, -0.1) is 0 Å². The fourth-order valence-electron chi connectivity index (χ4n) is 3.79. The van der Waals surface area contributed by atoms with Gasteiger partial charge in [-0.25, -0.2) is 4.39 Å². The van der Waals surface area contributed by atoms with Crippen LogP contribution in [-0.2, 0) is 11.2 Å². The predicted octanol–water partition coefficient (Wildman–Crippen LogP) is 4.66. The summed E-state index contributed by atoms with van der Waals surface area (Å²) in [6.45, 7) is 1.84. The zero-order chi connectivity index (χ0) is 18.8. The third kappa shape index (κ3) is 3.95. The summed E-state index contributed by atoms with van der Waals surface area (Å²) in [4.78, 5) is 14.7. The molecular weight excluding hydrogens is 413 g/mol. The van der Waals surface area contributed by atoms with Gasteiger partial charge in [-0.05, 0) is 54.7 Å². The van der Waals surface area contributed by atoms with Gasteiger partial charge in [-0.1, -0.05) is 28.1 Å². The number of aryl methyl sites for hydroxylation is 1. The Hall–Kier alpha value is -2.08. The van der Waals surface area contributed by atoms with Crippen molar-refractivity contribution in [3.05, 3.63) is 57.8 Å². The molecular formula is C21H21BrFNO3. The average molecular weight is 434 g/mol. The summed E-state index contributed by atoms with van der Waals surface area (Å²) < 4.78 is 26.0. The number of fused-ring (bicyclic) bond motifs is 1. The van der Waals surface area contributed by atoms with Gasteiger partial charge in [0.2, 0.25) is 5.91 Å². The number of carbonyl (C=O) groups excluding carboxylic acids is 1. The van der Waals surface area contributed by atoms with Crippen molar-refractivity contribution in [2.45, 2.75) is 31.7 Å². The quantitative estimate of drug-likeness (QED) is 0.703. The molecule has 1 atom stereocenters. The molecule has 0 saturated carbocycles. The first-order chi connectivity index (χ1) is 13.1. The summed E-state index contributed by atoms with van der Waals surface area (Å²) >= 11 is 3.26. The Balaban J connectivity index is 1.45. The van der Waals surface area contributed by atoms with Crippen molar-refractivity contribution in [3.8, 4) is 11.5 Å². The molecule has 0 spiro atoms. The standard InChI is InChI=1S/C21H21BrFNO3/c22-16-6-3-14(17(23)13-16)5-8-21(25)24-9-1-2-18(24)15-4-7-19-20(12-15)27-11-10-26-19/h3-4,6-7,12-13,18H,1-2,5,8-11H2. The molecule has 2 aliphatic heterocycles. The molecule has 0 bridgehead atoms. The van der Waals surface area contributed by atoms with Crippen LogP contribution in [0.2, 0.25) is 0 Å². The summed E-state index contributed by atoms with van der Waals surface area (Å²) in [6.07, 6.45) is 2.61. The summed E-state index contributed by atoms with van der Waals surface area (Å²) in [7, 11) is 0. The second-order valence-electron chi connectivity index (χ2n) is 6.88. The molecule has 1 unspecified atom stereocenters. The lowest BCUT2D eigenvalue weighted by atomic mass is 10.0. The maximum atomic E-state index is 14.0. The molecule has 2 heterocycles. The third-order valence-electron chi connectivity index (χ3n) is 5.15. The van der Waals surface area contributed by atoms with Gasteiger partial charge in [0, 0.05) is 17.4 Å². The number of halogens is 2. The van der Waals surface area contributed by atoms with Crippen LogP contribution in [-0.4, -0.2) is 30.6 Å². The third-order valence-corrected chi connectivity index (χ3v) is 5.64. The Labute approximate surface area is 166 Å². The predicted molar refractivity (Wildman–Crippen MR) is 104 cm³/mol. The Morgan fingerprint density at radius 1 is 1.15 bits per heavy atom. The number of amides is 1. The number of benzene rings is 2. The van der Waals surface area contributed by atoms with Gasteiger partial charge in [0.1, 0.15) is 19.0 Å². The van der Waals surface area contributed by atoms with Crippen molar-refractivity contribution in [1.29, 1.82) is 0 Å². The van der Waals surface area contributed by atoms with Crippen molar-refractivity contribution >= 4 is 21.8 Å². The molecule has 6 heteroatoms. The van der Waals surface area contributed by atoms with Crippen LogP contribution in [0.5, 0.6) is 11.5 Å². The first-order valence-electron chi connectivity index (χ1n) is 9.25. The SMILES string of the molecule is O=C(CCc1ccc(Br)cc1F)N1CCCC1c1ccc2c(c1)OCCO2. The highest BCUT2D eigenvalue weighted by Crippen LogP contribution is 2.38. The average Bonchev–Trinajstić information content (AvgIpc) is 3.16. The van der Waals surface area contributed by atoms with E-state index in [1.807, 2.05) is 23.1 Å². The number of ether oxygens (including phenoxy) is 2. The van der Waals surface area contributed by atoms with Gasteiger partial charge >= 0.3 is 0 Å². The number of hydrogen-bond donors (Lipinski definition) is 0. The monoisotopic (exact) mass is 433 g/mol. The first-order valence-corrected chi connectivity index (χ1v) is 10.0. The lowest BCUT2D eigenvalue weighted by molar-refractivity contribution is -0.132. The Bertz CT molecular complexity index is 857. The van der Waals surface area contributed by atoms with E-state index in [1.54, 1.807) is 12.1 Å². The highest BCUT2D eigenvalue weighted by molar-refractivity contribution is 9.10. The van der Waals surface area contributed by atoms with E-state index in [0.29, 0.717) is 36.1 Å². The zero-order valence-electron chi connectivity index (χ0n) is 14.9. The van der Waals surface area contributed by atoms with Gasteiger partial charge < -0.3 is 14.4 Å². The van der Waals surface area contributed by atoms with Crippen LogP contribution in [0.4, 0.5) is 4.39 Å². The summed E-state index contributed by atoms with van der Waals surface area (Å²) in [5.41, 5.74) is 1.64. The summed E-state index contributed by atoms with van der Waals surface area (Å²) in [5.74, 6) is 1.29. The van der Waals surface area contributed by atoms with Crippen LogP contribution in [0.1, 0.15) is 36.4 Å². The molecule has 27 heavy (non-hydrogen) atoms. The van der Waals surface area contributed by atoms with Crippen LogP contribution < -0.4 is 9.47 Å². The lowest BCUT2D eigenvalue weighted by Crippen LogP contribution is -2.30. The first kappa shape index (κ1) is 18.3. The zero-order valence-corrected chi connectivity index (χ0v) is 16.5. The van der Waals surface area contributed by atoms with Crippen molar-refractivity contribution < 1.29 is 18.7 Å². The largest absolute Gasteiger partial charge is 0.486 e. The lowest BCUT2D eigenvalue weighted by Gasteiger charge is -2.27.